The molecule has 4 rings (SSSR count). The second-order valence-electron chi connectivity index (χ2n) is 7.06. The lowest BCUT2D eigenvalue weighted by Crippen LogP contribution is -2.42. The molecule has 3 heterocycles. The van der Waals surface area contributed by atoms with Crippen molar-refractivity contribution in [2.45, 2.75) is 37.0 Å². The Morgan fingerprint density at radius 2 is 1.86 bits per heavy atom. The quantitative estimate of drug-likeness (QED) is 0.794. The number of amides is 1. The van der Waals surface area contributed by atoms with Crippen LogP contribution in [0, 0.1) is 0 Å². The average molecular weight is 402 g/mol. The van der Waals surface area contributed by atoms with E-state index in [1.165, 1.54) is 6.20 Å². The highest BCUT2D eigenvalue weighted by Crippen LogP contribution is 2.29. The third-order valence-corrected chi connectivity index (χ3v) is 6.73. The van der Waals surface area contributed by atoms with E-state index in [1.54, 1.807) is 41.4 Å². The first kappa shape index (κ1) is 18.7. The number of pyridine rings is 2. The minimum Gasteiger partial charge on any atom is -0.474 e. The molecule has 2 aromatic rings. The number of carbonyl (C=O) groups is 1. The smallest absolute Gasteiger partial charge is 0.272 e. The van der Waals surface area contributed by atoms with Crippen molar-refractivity contribution in [3.8, 4) is 5.88 Å². The maximum absolute atomic E-state index is 12.4. The molecular weight excluding hydrogens is 380 g/mol. The van der Waals surface area contributed by atoms with Gasteiger partial charge in [0.05, 0.1) is 17.1 Å². The summed E-state index contributed by atoms with van der Waals surface area (Å²) in [5, 5.41) is -0.276. The van der Waals surface area contributed by atoms with Gasteiger partial charge in [0.25, 0.3) is 5.91 Å². The molecule has 1 aliphatic heterocycles. The van der Waals surface area contributed by atoms with Gasteiger partial charge in [0.15, 0.2) is 0 Å². The molecule has 1 saturated carbocycles. The average Bonchev–Trinajstić information content (AvgIpc) is 3.56. The number of piperidine rings is 1. The molecule has 2 aromatic heterocycles. The van der Waals surface area contributed by atoms with E-state index in [2.05, 4.69) is 14.7 Å². The summed E-state index contributed by atoms with van der Waals surface area (Å²) in [5.74, 6) is 0.383. The van der Waals surface area contributed by atoms with Crippen LogP contribution in [-0.4, -0.2) is 53.6 Å². The third-order valence-electron chi connectivity index (χ3n) is 4.86. The van der Waals surface area contributed by atoms with Crippen molar-refractivity contribution in [2.75, 3.05) is 17.8 Å². The van der Waals surface area contributed by atoms with E-state index in [-0.39, 0.29) is 17.3 Å². The van der Waals surface area contributed by atoms with Gasteiger partial charge in [0.1, 0.15) is 11.8 Å². The van der Waals surface area contributed by atoms with Gasteiger partial charge in [-0.1, -0.05) is 6.07 Å². The molecule has 0 atom stereocenters. The highest BCUT2D eigenvalue weighted by Gasteiger charge is 2.35. The normalized spacial score (nSPS) is 17.9. The highest BCUT2D eigenvalue weighted by molar-refractivity contribution is 7.93. The number of hydrogen-bond acceptors (Lipinski definition) is 6. The Labute approximate surface area is 164 Å². The van der Waals surface area contributed by atoms with Gasteiger partial charge in [-0.3, -0.25) is 14.5 Å². The predicted molar refractivity (Wildman–Crippen MR) is 104 cm³/mol. The molecule has 148 valence electrons. The number of sulfonamides is 1. The minimum absolute atomic E-state index is 0.0331. The fraction of sp³-hybridized carbons (Fsp3) is 0.421. The summed E-state index contributed by atoms with van der Waals surface area (Å²) in [4.78, 5) is 22.5. The Morgan fingerprint density at radius 1 is 1.07 bits per heavy atom. The number of likely N-dealkylation sites (tertiary alicyclic amines) is 1. The largest absolute Gasteiger partial charge is 0.474 e. The molecule has 0 aromatic carbocycles. The summed E-state index contributed by atoms with van der Waals surface area (Å²) in [7, 11) is -3.29. The zero-order valence-electron chi connectivity index (χ0n) is 15.3. The molecule has 1 N–H and O–H groups in total. The van der Waals surface area contributed by atoms with E-state index in [1.807, 2.05) is 0 Å². The van der Waals surface area contributed by atoms with Crippen LogP contribution in [-0.2, 0) is 10.0 Å². The van der Waals surface area contributed by atoms with Crippen LogP contribution in [0.1, 0.15) is 36.2 Å². The van der Waals surface area contributed by atoms with Crippen LogP contribution in [0.3, 0.4) is 0 Å². The Hall–Kier alpha value is -2.68. The van der Waals surface area contributed by atoms with Gasteiger partial charge in [-0.15, -0.1) is 0 Å². The van der Waals surface area contributed by atoms with Crippen molar-refractivity contribution in [3.05, 3.63) is 48.4 Å². The topological polar surface area (TPSA) is 101 Å². The van der Waals surface area contributed by atoms with Crippen LogP contribution in [0.25, 0.3) is 0 Å². The second kappa shape index (κ2) is 7.75. The lowest BCUT2D eigenvalue weighted by atomic mass is 10.1. The number of carbonyl (C=O) groups excluding carboxylic acids is 1. The first-order valence-electron chi connectivity index (χ1n) is 9.36. The van der Waals surface area contributed by atoms with Crippen molar-refractivity contribution in [1.82, 2.24) is 14.9 Å². The zero-order chi connectivity index (χ0) is 19.6. The summed E-state index contributed by atoms with van der Waals surface area (Å²) >= 11 is 0. The van der Waals surface area contributed by atoms with Gasteiger partial charge in [0, 0.05) is 38.2 Å². The molecule has 9 heteroatoms. The van der Waals surface area contributed by atoms with Crippen molar-refractivity contribution in [3.63, 3.8) is 0 Å². The maximum Gasteiger partial charge on any atom is 0.272 e. The Morgan fingerprint density at radius 3 is 2.46 bits per heavy atom. The molecule has 8 nitrogen and oxygen atoms in total. The van der Waals surface area contributed by atoms with Gasteiger partial charge in [-0.2, -0.15) is 0 Å². The van der Waals surface area contributed by atoms with E-state index >= 15 is 0 Å². The van der Waals surface area contributed by atoms with Crippen molar-refractivity contribution < 1.29 is 17.9 Å². The Balaban J connectivity index is 1.28. The summed E-state index contributed by atoms with van der Waals surface area (Å²) in [6.45, 7) is 1.19. The van der Waals surface area contributed by atoms with E-state index in [0.717, 1.165) is 0 Å². The fourth-order valence-electron chi connectivity index (χ4n) is 3.14. The van der Waals surface area contributed by atoms with Crippen LogP contribution in [0.4, 0.5) is 5.69 Å². The summed E-state index contributed by atoms with van der Waals surface area (Å²) in [6, 6.07) is 8.62. The number of anilines is 1. The first-order valence-corrected chi connectivity index (χ1v) is 10.9. The van der Waals surface area contributed by atoms with Gasteiger partial charge in [0.2, 0.25) is 15.9 Å². The molecule has 0 spiro atoms. The number of nitrogens with zero attached hydrogens (tertiary/aromatic N) is 3. The standard InChI is InChI=1S/C19H22N4O4S/c24-19(17-3-1-2-10-20-17)23-11-8-15(9-12-23)27-18-7-4-14(13-21-18)22-28(25,26)16-5-6-16/h1-4,7,10,13,15-16,22H,5-6,8-9,11-12H2. The molecule has 2 fully saturated rings. The fourth-order valence-corrected chi connectivity index (χ4v) is 4.51. The number of hydrogen-bond donors (Lipinski definition) is 1. The second-order valence-corrected chi connectivity index (χ2v) is 9.02. The van der Waals surface area contributed by atoms with E-state index < -0.39 is 10.0 Å². The van der Waals surface area contributed by atoms with E-state index in [4.69, 9.17) is 4.74 Å². The lowest BCUT2D eigenvalue weighted by molar-refractivity contribution is 0.0582. The minimum atomic E-state index is -3.29. The number of aromatic nitrogens is 2. The molecule has 0 unspecified atom stereocenters. The van der Waals surface area contributed by atoms with Gasteiger partial charge < -0.3 is 9.64 Å². The van der Waals surface area contributed by atoms with Crippen LogP contribution >= 0.6 is 0 Å². The van der Waals surface area contributed by atoms with Crippen molar-refractivity contribution >= 4 is 21.6 Å². The zero-order valence-corrected chi connectivity index (χ0v) is 16.1. The summed E-state index contributed by atoms with van der Waals surface area (Å²) < 4.78 is 32.3. The number of rotatable bonds is 6. The molecule has 1 saturated heterocycles. The highest BCUT2D eigenvalue weighted by atomic mass is 32.2. The Kier molecular flexibility index (Phi) is 5.17. The number of ether oxygens (including phenoxy) is 1. The monoisotopic (exact) mass is 402 g/mol. The summed E-state index contributed by atoms with van der Waals surface area (Å²) in [6.07, 6.45) is 5.89. The molecule has 1 aliphatic carbocycles. The van der Waals surface area contributed by atoms with Crippen molar-refractivity contribution in [2.24, 2.45) is 0 Å². The summed E-state index contributed by atoms with van der Waals surface area (Å²) in [5.41, 5.74) is 0.891. The molecule has 0 radical (unpaired) electrons. The van der Waals surface area contributed by atoms with Gasteiger partial charge in [-0.25, -0.2) is 13.4 Å². The van der Waals surface area contributed by atoms with E-state index in [0.29, 0.717) is 56.0 Å². The van der Waals surface area contributed by atoms with Crippen LogP contribution in [0.15, 0.2) is 42.7 Å². The van der Waals surface area contributed by atoms with Gasteiger partial charge in [-0.05, 0) is 31.0 Å². The SMILES string of the molecule is O=C(c1ccccn1)N1CCC(Oc2ccc(NS(=O)(=O)C3CC3)cn2)CC1. The lowest BCUT2D eigenvalue weighted by Gasteiger charge is -2.31. The van der Waals surface area contributed by atoms with Crippen molar-refractivity contribution in [1.29, 1.82) is 0 Å². The Bertz CT molecular complexity index is 922. The molecular formula is C19H22N4O4S. The molecule has 2 aliphatic rings. The number of nitrogens with one attached hydrogen (secondary N) is 1. The maximum atomic E-state index is 12.4. The van der Waals surface area contributed by atoms with Crippen LogP contribution in [0.2, 0.25) is 0 Å². The van der Waals surface area contributed by atoms with E-state index in [9.17, 15) is 13.2 Å². The predicted octanol–water partition coefficient (Wildman–Crippen LogP) is 2.06. The van der Waals surface area contributed by atoms with Crippen LogP contribution < -0.4 is 9.46 Å². The third kappa shape index (κ3) is 4.41. The first-order chi connectivity index (χ1) is 13.5. The molecule has 28 heavy (non-hydrogen) atoms. The molecule has 0 bridgehead atoms. The molecule has 1 amide bonds. The van der Waals surface area contributed by atoms with Crippen LogP contribution in [0.5, 0.6) is 5.88 Å². The van der Waals surface area contributed by atoms with Gasteiger partial charge >= 0.3 is 0 Å².